The summed E-state index contributed by atoms with van der Waals surface area (Å²) in [6.07, 6.45) is 12.2. The third kappa shape index (κ3) is 5.79. The zero-order chi connectivity index (χ0) is 17.5. The van der Waals surface area contributed by atoms with Crippen molar-refractivity contribution in [3.8, 4) is 0 Å². The van der Waals surface area contributed by atoms with Gasteiger partial charge in [0, 0.05) is 44.5 Å². The molecule has 2 fully saturated rings. The molecule has 5 nitrogen and oxygen atoms in total. The summed E-state index contributed by atoms with van der Waals surface area (Å²) in [6, 6.07) is 4.20. The number of hydrogen-bond acceptors (Lipinski definition) is 4. The zero-order valence-corrected chi connectivity index (χ0v) is 15.1. The van der Waals surface area contributed by atoms with Crippen LogP contribution in [0.25, 0.3) is 0 Å². The Labute approximate surface area is 150 Å². The molecule has 0 atom stereocenters. The SMILES string of the molecule is O=C(CCc1ccncc1)NC1CCN(CC2(O)CCCCC2)CC1. The molecule has 25 heavy (non-hydrogen) atoms. The molecule has 1 saturated heterocycles. The highest BCUT2D eigenvalue weighted by Crippen LogP contribution is 2.29. The Kier molecular flexibility index (Phi) is 6.43. The van der Waals surface area contributed by atoms with Crippen LogP contribution in [0.4, 0.5) is 0 Å². The van der Waals surface area contributed by atoms with Crippen molar-refractivity contribution in [2.24, 2.45) is 0 Å². The lowest BCUT2D eigenvalue weighted by atomic mass is 9.84. The van der Waals surface area contributed by atoms with Crippen LogP contribution < -0.4 is 5.32 Å². The van der Waals surface area contributed by atoms with Crippen LogP contribution in [0.15, 0.2) is 24.5 Å². The van der Waals surface area contributed by atoms with Crippen LogP contribution in [0.3, 0.4) is 0 Å². The molecular formula is C20H31N3O2. The maximum Gasteiger partial charge on any atom is 0.220 e. The molecule has 0 unspecified atom stereocenters. The number of carbonyl (C=O) groups is 1. The molecule has 3 rings (SSSR count). The normalized spacial score (nSPS) is 21.8. The molecule has 1 saturated carbocycles. The van der Waals surface area contributed by atoms with Crippen LogP contribution in [-0.2, 0) is 11.2 Å². The minimum atomic E-state index is -0.473. The predicted molar refractivity (Wildman–Crippen MR) is 98.2 cm³/mol. The van der Waals surface area contributed by atoms with E-state index in [1.807, 2.05) is 12.1 Å². The second-order valence-corrected chi connectivity index (χ2v) is 7.76. The van der Waals surface area contributed by atoms with Crippen LogP contribution in [-0.4, -0.2) is 52.2 Å². The number of aromatic nitrogens is 1. The molecule has 138 valence electrons. The lowest BCUT2D eigenvalue weighted by Gasteiger charge is -2.40. The molecular weight excluding hydrogens is 314 g/mol. The first kappa shape index (κ1) is 18.3. The smallest absolute Gasteiger partial charge is 0.220 e. The summed E-state index contributed by atoms with van der Waals surface area (Å²) in [5.74, 6) is 0.140. The number of aryl methyl sites for hydroxylation is 1. The Morgan fingerprint density at radius 2 is 1.88 bits per heavy atom. The molecule has 0 spiro atoms. The van der Waals surface area contributed by atoms with E-state index in [4.69, 9.17) is 0 Å². The van der Waals surface area contributed by atoms with Gasteiger partial charge in [0.15, 0.2) is 0 Å². The van der Waals surface area contributed by atoms with E-state index in [1.54, 1.807) is 12.4 Å². The molecule has 0 aromatic carbocycles. The maximum atomic E-state index is 12.2. The van der Waals surface area contributed by atoms with Crippen LogP contribution in [0.2, 0.25) is 0 Å². The number of piperidine rings is 1. The minimum absolute atomic E-state index is 0.140. The fraction of sp³-hybridized carbons (Fsp3) is 0.700. The molecule has 2 heterocycles. The van der Waals surface area contributed by atoms with Crippen molar-refractivity contribution in [3.63, 3.8) is 0 Å². The molecule has 1 aliphatic carbocycles. The fourth-order valence-electron chi connectivity index (χ4n) is 4.13. The van der Waals surface area contributed by atoms with Crippen molar-refractivity contribution >= 4 is 5.91 Å². The highest BCUT2D eigenvalue weighted by atomic mass is 16.3. The molecule has 5 heteroatoms. The summed E-state index contributed by atoms with van der Waals surface area (Å²) in [4.78, 5) is 18.5. The van der Waals surface area contributed by atoms with Gasteiger partial charge in [-0.1, -0.05) is 19.3 Å². The van der Waals surface area contributed by atoms with E-state index in [0.717, 1.165) is 70.1 Å². The number of hydrogen-bond donors (Lipinski definition) is 2. The van der Waals surface area contributed by atoms with Crippen LogP contribution >= 0.6 is 0 Å². The van der Waals surface area contributed by atoms with Crippen molar-refractivity contribution in [2.45, 2.75) is 69.4 Å². The van der Waals surface area contributed by atoms with E-state index in [9.17, 15) is 9.90 Å². The molecule has 0 bridgehead atoms. The van der Waals surface area contributed by atoms with Gasteiger partial charge in [-0.2, -0.15) is 0 Å². The van der Waals surface area contributed by atoms with Crippen LogP contribution in [0.5, 0.6) is 0 Å². The number of pyridine rings is 1. The lowest BCUT2D eigenvalue weighted by molar-refractivity contribution is -0.122. The number of rotatable bonds is 6. The summed E-state index contributed by atoms with van der Waals surface area (Å²) in [5, 5.41) is 13.9. The average molecular weight is 345 g/mol. The van der Waals surface area contributed by atoms with E-state index in [0.29, 0.717) is 6.42 Å². The summed E-state index contributed by atoms with van der Waals surface area (Å²) in [5.41, 5.74) is 0.680. The number of nitrogens with zero attached hydrogens (tertiary/aromatic N) is 2. The van der Waals surface area contributed by atoms with Crippen molar-refractivity contribution in [1.82, 2.24) is 15.2 Å². The zero-order valence-electron chi connectivity index (χ0n) is 15.1. The van der Waals surface area contributed by atoms with Crippen LogP contribution in [0, 0.1) is 0 Å². The number of β-amino-alcohol motifs (C(OH)–C–C–N with tert-alkyl or cyclic N) is 1. The van der Waals surface area contributed by atoms with Gasteiger partial charge in [0.05, 0.1) is 5.60 Å². The molecule has 0 radical (unpaired) electrons. The van der Waals surface area contributed by atoms with Gasteiger partial charge >= 0.3 is 0 Å². The molecule has 1 aromatic heterocycles. The van der Waals surface area contributed by atoms with Gasteiger partial charge in [-0.25, -0.2) is 0 Å². The first-order chi connectivity index (χ1) is 12.1. The lowest BCUT2D eigenvalue weighted by Crippen LogP contribution is -2.50. The Morgan fingerprint density at radius 3 is 2.56 bits per heavy atom. The Balaban J connectivity index is 1.35. The van der Waals surface area contributed by atoms with E-state index in [1.165, 1.54) is 6.42 Å². The largest absolute Gasteiger partial charge is 0.389 e. The van der Waals surface area contributed by atoms with Gasteiger partial charge in [-0.3, -0.25) is 9.78 Å². The van der Waals surface area contributed by atoms with Crippen LogP contribution in [0.1, 0.15) is 56.9 Å². The van der Waals surface area contributed by atoms with Gasteiger partial charge in [0.25, 0.3) is 0 Å². The topological polar surface area (TPSA) is 65.5 Å². The predicted octanol–water partition coefficient (Wildman–Crippen LogP) is 2.29. The second-order valence-electron chi connectivity index (χ2n) is 7.76. The molecule has 2 N–H and O–H groups in total. The van der Waals surface area contributed by atoms with Gasteiger partial charge in [-0.15, -0.1) is 0 Å². The Bertz CT molecular complexity index is 535. The standard InChI is InChI=1S/C20H31N3O2/c24-19(5-4-17-6-12-21-13-7-17)22-18-8-14-23(15-9-18)16-20(25)10-2-1-3-11-20/h6-7,12-13,18,25H,1-5,8-11,14-16H2,(H,22,24). The second kappa shape index (κ2) is 8.77. The quantitative estimate of drug-likeness (QED) is 0.830. The monoisotopic (exact) mass is 345 g/mol. The van der Waals surface area contributed by atoms with E-state index < -0.39 is 5.60 Å². The van der Waals surface area contributed by atoms with Gasteiger partial charge in [0.2, 0.25) is 5.91 Å². The first-order valence-electron chi connectivity index (χ1n) is 9.76. The number of amides is 1. The van der Waals surface area contributed by atoms with Gasteiger partial charge in [-0.05, 0) is 49.8 Å². The first-order valence-corrected chi connectivity index (χ1v) is 9.76. The van der Waals surface area contributed by atoms with Crippen molar-refractivity contribution in [3.05, 3.63) is 30.1 Å². The molecule has 2 aliphatic rings. The van der Waals surface area contributed by atoms with Crippen molar-refractivity contribution in [1.29, 1.82) is 0 Å². The third-order valence-corrected chi connectivity index (χ3v) is 5.64. The summed E-state index contributed by atoms with van der Waals surface area (Å²) in [7, 11) is 0. The summed E-state index contributed by atoms with van der Waals surface area (Å²) >= 11 is 0. The van der Waals surface area contributed by atoms with Crippen molar-refractivity contribution < 1.29 is 9.90 Å². The Hall–Kier alpha value is -1.46. The number of likely N-dealkylation sites (tertiary alicyclic amines) is 1. The molecule has 1 aliphatic heterocycles. The third-order valence-electron chi connectivity index (χ3n) is 5.64. The number of aliphatic hydroxyl groups is 1. The number of carbonyl (C=O) groups excluding carboxylic acids is 1. The maximum absolute atomic E-state index is 12.2. The van der Waals surface area contributed by atoms with E-state index >= 15 is 0 Å². The van der Waals surface area contributed by atoms with Gasteiger partial charge < -0.3 is 15.3 Å². The van der Waals surface area contributed by atoms with Gasteiger partial charge in [0.1, 0.15) is 0 Å². The fourth-order valence-corrected chi connectivity index (χ4v) is 4.13. The molecule has 1 aromatic rings. The van der Waals surface area contributed by atoms with Crippen molar-refractivity contribution in [2.75, 3.05) is 19.6 Å². The average Bonchev–Trinajstić information content (AvgIpc) is 2.63. The Morgan fingerprint density at radius 1 is 1.20 bits per heavy atom. The van der Waals surface area contributed by atoms with E-state index in [-0.39, 0.29) is 11.9 Å². The van der Waals surface area contributed by atoms with E-state index in [2.05, 4.69) is 15.2 Å². The summed E-state index contributed by atoms with van der Waals surface area (Å²) < 4.78 is 0. The highest BCUT2D eigenvalue weighted by Gasteiger charge is 2.32. The number of nitrogens with one attached hydrogen (secondary N) is 1. The highest BCUT2D eigenvalue weighted by molar-refractivity contribution is 5.76. The molecule has 1 amide bonds. The summed E-state index contributed by atoms with van der Waals surface area (Å²) in [6.45, 7) is 2.74. The minimum Gasteiger partial charge on any atom is -0.389 e.